The van der Waals surface area contributed by atoms with E-state index in [9.17, 15) is 13.6 Å². The maximum absolute atomic E-state index is 13.4. The van der Waals surface area contributed by atoms with E-state index in [1.54, 1.807) is 24.3 Å². The molecule has 36 heavy (non-hydrogen) atoms. The lowest BCUT2D eigenvalue weighted by Gasteiger charge is -2.21. The van der Waals surface area contributed by atoms with Gasteiger partial charge in [-0.05, 0) is 60.0 Å². The van der Waals surface area contributed by atoms with Crippen molar-refractivity contribution in [1.82, 2.24) is 15.2 Å². The van der Waals surface area contributed by atoms with Gasteiger partial charge in [0.2, 0.25) is 5.89 Å². The summed E-state index contributed by atoms with van der Waals surface area (Å²) in [6, 6.07) is 20.1. The molecule has 0 radical (unpaired) electrons. The summed E-state index contributed by atoms with van der Waals surface area (Å²) in [4.78, 5) is 19.0. The summed E-state index contributed by atoms with van der Waals surface area (Å²) in [5, 5.41) is 2.76. The molecule has 1 amide bonds. The molecule has 0 bridgehead atoms. The van der Waals surface area contributed by atoms with Crippen molar-refractivity contribution in [3.63, 3.8) is 0 Å². The summed E-state index contributed by atoms with van der Waals surface area (Å²) in [6.45, 7) is 4.23. The van der Waals surface area contributed by atoms with Gasteiger partial charge in [-0.25, -0.2) is 13.8 Å². The van der Waals surface area contributed by atoms with Gasteiger partial charge < -0.3 is 14.5 Å². The second kappa shape index (κ2) is 12.1. The third-order valence-electron chi connectivity index (χ3n) is 5.47. The second-order valence-corrected chi connectivity index (χ2v) is 8.28. The van der Waals surface area contributed by atoms with Gasteiger partial charge in [0, 0.05) is 19.6 Å². The average Bonchev–Trinajstić information content (AvgIpc) is 3.35. The number of nitrogens with one attached hydrogen (secondary N) is 1. The maximum Gasteiger partial charge on any atom is 0.273 e. The number of halogens is 2. The number of carbonyl (C=O) groups is 1. The van der Waals surface area contributed by atoms with Crippen LogP contribution in [-0.4, -0.2) is 22.4 Å². The van der Waals surface area contributed by atoms with E-state index < -0.39 is 0 Å². The van der Waals surface area contributed by atoms with E-state index >= 15 is 0 Å². The third kappa shape index (κ3) is 7.23. The average molecular weight is 492 g/mol. The molecule has 1 aromatic heterocycles. The molecule has 1 N–H and O–H groups in total. The highest BCUT2D eigenvalue weighted by atomic mass is 19.1. The molecule has 4 aromatic rings. The molecule has 0 aliphatic rings. The van der Waals surface area contributed by atoms with Crippen LogP contribution in [0.15, 0.2) is 83.5 Å². The van der Waals surface area contributed by atoms with Crippen LogP contribution in [0.4, 0.5) is 8.78 Å². The third-order valence-corrected chi connectivity index (χ3v) is 5.47. The smallest absolute Gasteiger partial charge is 0.273 e. The number of benzene rings is 3. The first-order valence-corrected chi connectivity index (χ1v) is 11.6. The fraction of sp³-hybridized carbons (Fsp3) is 0.214. The van der Waals surface area contributed by atoms with Gasteiger partial charge in [0.1, 0.15) is 23.6 Å². The van der Waals surface area contributed by atoms with Gasteiger partial charge in [-0.3, -0.25) is 9.69 Å². The molecule has 0 fully saturated rings. The van der Waals surface area contributed by atoms with Gasteiger partial charge in [0.05, 0.1) is 13.2 Å². The van der Waals surface area contributed by atoms with Crippen molar-refractivity contribution in [1.29, 1.82) is 0 Å². The zero-order valence-corrected chi connectivity index (χ0v) is 19.9. The maximum atomic E-state index is 13.4. The molecular formula is C28H27F2N3O3. The Balaban J connectivity index is 1.42. The van der Waals surface area contributed by atoms with Crippen LogP contribution in [0.1, 0.15) is 40.0 Å². The highest BCUT2D eigenvalue weighted by molar-refractivity contribution is 5.91. The van der Waals surface area contributed by atoms with Crippen LogP contribution in [0.3, 0.4) is 0 Å². The quantitative estimate of drug-likeness (QED) is 0.301. The van der Waals surface area contributed by atoms with E-state index in [2.05, 4.69) is 15.2 Å². The van der Waals surface area contributed by atoms with Crippen molar-refractivity contribution in [3.05, 3.63) is 119 Å². The molecule has 3 aromatic carbocycles. The molecule has 0 spiro atoms. The number of ether oxygens (including phenoxy) is 1. The lowest BCUT2D eigenvalue weighted by molar-refractivity contribution is 0.0945. The van der Waals surface area contributed by atoms with Crippen molar-refractivity contribution in [2.24, 2.45) is 0 Å². The summed E-state index contributed by atoms with van der Waals surface area (Å²) >= 11 is 0. The minimum Gasteiger partial charge on any atom is -0.494 e. The van der Waals surface area contributed by atoms with E-state index in [4.69, 9.17) is 9.15 Å². The monoisotopic (exact) mass is 491 g/mol. The largest absolute Gasteiger partial charge is 0.494 e. The van der Waals surface area contributed by atoms with E-state index in [-0.39, 0.29) is 29.8 Å². The predicted molar refractivity (Wildman–Crippen MR) is 131 cm³/mol. The van der Waals surface area contributed by atoms with Crippen LogP contribution < -0.4 is 10.1 Å². The summed E-state index contributed by atoms with van der Waals surface area (Å²) in [5.74, 6) is 0.179. The number of nitrogens with zero attached hydrogens (tertiary/aromatic N) is 2. The van der Waals surface area contributed by atoms with E-state index in [0.29, 0.717) is 32.1 Å². The van der Waals surface area contributed by atoms with Crippen LogP contribution >= 0.6 is 0 Å². The van der Waals surface area contributed by atoms with Crippen molar-refractivity contribution in [2.75, 3.05) is 6.61 Å². The number of oxazole rings is 1. The Morgan fingerprint density at radius 2 is 1.42 bits per heavy atom. The van der Waals surface area contributed by atoms with E-state index in [1.165, 1.54) is 30.5 Å². The van der Waals surface area contributed by atoms with Crippen molar-refractivity contribution in [3.8, 4) is 5.75 Å². The lowest BCUT2D eigenvalue weighted by Crippen LogP contribution is -2.24. The second-order valence-electron chi connectivity index (χ2n) is 8.28. The van der Waals surface area contributed by atoms with Gasteiger partial charge in [0.25, 0.3) is 5.91 Å². The normalized spacial score (nSPS) is 11.0. The highest BCUT2D eigenvalue weighted by Crippen LogP contribution is 2.18. The van der Waals surface area contributed by atoms with E-state index in [1.807, 2.05) is 31.2 Å². The standard InChI is InChI=1S/C28H27F2N3O3/c1-2-35-25-13-7-22(8-14-25)17-33(16-21-5-11-24(30)12-6-21)18-27-32-26(19-36-27)28(34)31-15-20-3-9-23(29)10-4-20/h3-14,19H,2,15-18H2,1H3,(H,31,34). The number of rotatable bonds is 11. The summed E-state index contributed by atoms with van der Waals surface area (Å²) < 4.78 is 37.5. The summed E-state index contributed by atoms with van der Waals surface area (Å²) in [7, 11) is 0. The highest BCUT2D eigenvalue weighted by Gasteiger charge is 2.16. The van der Waals surface area contributed by atoms with Crippen molar-refractivity contribution < 1.29 is 22.7 Å². The molecule has 0 aliphatic carbocycles. The molecule has 6 nitrogen and oxygen atoms in total. The zero-order chi connectivity index (χ0) is 25.3. The Morgan fingerprint density at radius 3 is 2.00 bits per heavy atom. The lowest BCUT2D eigenvalue weighted by atomic mass is 10.1. The Kier molecular flexibility index (Phi) is 8.41. The fourth-order valence-corrected chi connectivity index (χ4v) is 3.69. The SMILES string of the molecule is CCOc1ccc(CN(Cc2ccc(F)cc2)Cc2nc(C(=O)NCc3ccc(F)cc3)co2)cc1. The first-order valence-electron chi connectivity index (χ1n) is 11.6. The molecule has 186 valence electrons. The minimum absolute atomic E-state index is 0.162. The number of hydrogen-bond donors (Lipinski definition) is 1. The Hall–Kier alpha value is -4.04. The number of carbonyl (C=O) groups excluding carboxylic acids is 1. The predicted octanol–water partition coefficient (Wildman–Crippen LogP) is 5.48. The molecular weight excluding hydrogens is 464 g/mol. The van der Waals surface area contributed by atoms with Crippen LogP contribution in [0.25, 0.3) is 0 Å². The molecule has 0 unspecified atom stereocenters. The first kappa shape index (κ1) is 25.1. The molecule has 0 aliphatic heterocycles. The molecule has 0 saturated heterocycles. The van der Waals surface area contributed by atoms with Crippen LogP contribution in [0.5, 0.6) is 5.75 Å². The van der Waals surface area contributed by atoms with Crippen LogP contribution in [0.2, 0.25) is 0 Å². The fourth-order valence-electron chi connectivity index (χ4n) is 3.69. The van der Waals surface area contributed by atoms with Crippen molar-refractivity contribution in [2.45, 2.75) is 33.1 Å². The van der Waals surface area contributed by atoms with E-state index in [0.717, 1.165) is 22.4 Å². The topological polar surface area (TPSA) is 67.6 Å². The molecule has 0 saturated carbocycles. The van der Waals surface area contributed by atoms with Gasteiger partial charge in [-0.15, -0.1) is 0 Å². The Bertz CT molecular complexity index is 1260. The number of amides is 1. The minimum atomic E-state index is -0.383. The molecule has 0 atom stereocenters. The Morgan fingerprint density at radius 1 is 0.861 bits per heavy atom. The molecule has 8 heteroatoms. The Labute approximate surface area is 208 Å². The van der Waals surface area contributed by atoms with Gasteiger partial charge in [0.15, 0.2) is 5.69 Å². The molecule has 4 rings (SSSR count). The van der Waals surface area contributed by atoms with Crippen LogP contribution in [0, 0.1) is 11.6 Å². The summed E-state index contributed by atoms with van der Waals surface area (Å²) in [5.41, 5.74) is 2.93. The van der Waals surface area contributed by atoms with Gasteiger partial charge in [-0.2, -0.15) is 0 Å². The van der Waals surface area contributed by atoms with Crippen LogP contribution in [-0.2, 0) is 26.2 Å². The van der Waals surface area contributed by atoms with Crippen molar-refractivity contribution >= 4 is 5.91 Å². The molecule has 1 heterocycles. The summed E-state index contributed by atoms with van der Waals surface area (Å²) in [6.07, 6.45) is 1.32. The van der Waals surface area contributed by atoms with Gasteiger partial charge in [-0.1, -0.05) is 36.4 Å². The first-order chi connectivity index (χ1) is 17.5. The number of hydrogen-bond acceptors (Lipinski definition) is 5. The zero-order valence-electron chi connectivity index (χ0n) is 19.9. The van der Waals surface area contributed by atoms with Gasteiger partial charge >= 0.3 is 0 Å². The number of aromatic nitrogens is 1.